The number of halogens is 1. The zero-order valence-corrected chi connectivity index (χ0v) is 18.3. The van der Waals surface area contributed by atoms with Crippen molar-refractivity contribution in [2.75, 3.05) is 23.9 Å². The van der Waals surface area contributed by atoms with Crippen molar-refractivity contribution in [1.29, 1.82) is 0 Å². The summed E-state index contributed by atoms with van der Waals surface area (Å²) in [5.74, 6) is 1.37. The van der Waals surface area contributed by atoms with E-state index in [1.54, 1.807) is 24.1 Å². The molecule has 3 aromatic rings. The fourth-order valence-corrected chi connectivity index (χ4v) is 3.87. The van der Waals surface area contributed by atoms with Gasteiger partial charge in [0.25, 0.3) is 0 Å². The molecular weight excluding hydrogens is 393 g/mol. The van der Waals surface area contributed by atoms with E-state index in [1.165, 1.54) is 12.1 Å². The molecule has 1 amide bonds. The fourth-order valence-electron chi connectivity index (χ4n) is 3.87. The third-order valence-corrected chi connectivity index (χ3v) is 5.85. The van der Waals surface area contributed by atoms with E-state index >= 15 is 0 Å². The van der Waals surface area contributed by atoms with E-state index in [2.05, 4.69) is 16.0 Å². The lowest BCUT2D eigenvalue weighted by molar-refractivity contribution is -0.119. The summed E-state index contributed by atoms with van der Waals surface area (Å²) in [4.78, 5) is 29.9. The third kappa shape index (κ3) is 4.26. The van der Waals surface area contributed by atoms with Crippen LogP contribution in [0, 0.1) is 12.7 Å². The Balaban J connectivity index is 1.45. The maximum atomic E-state index is 13.1. The van der Waals surface area contributed by atoms with Crippen LogP contribution in [0.25, 0.3) is 0 Å². The molecule has 0 fully saturated rings. The molecule has 0 spiro atoms. The molecule has 6 nitrogen and oxygen atoms in total. The Bertz CT molecular complexity index is 1100. The molecule has 0 N–H and O–H groups in total. The van der Waals surface area contributed by atoms with Crippen LogP contribution >= 0.6 is 0 Å². The highest BCUT2D eigenvalue weighted by atomic mass is 19.1. The van der Waals surface area contributed by atoms with E-state index in [4.69, 9.17) is 4.98 Å². The highest BCUT2D eigenvalue weighted by Crippen LogP contribution is 2.34. The number of aromatic nitrogens is 3. The predicted molar refractivity (Wildman–Crippen MR) is 119 cm³/mol. The van der Waals surface area contributed by atoms with Gasteiger partial charge in [0.15, 0.2) is 5.82 Å². The molecule has 0 saturated heterocycles. The lowest BCUT2D eigenvalue weighted by Gasteiger charge is -2.37. The van der Waals surface area contributed by atoms with Gasteiger partial charge in [0.1, 0.15) is 23.4 Å². The van der Waals surface area contributed by atoms with Crippen molar-refractivity contribution in [3.05, 3.63) is 76.8 Å². The van der Waals surface area contributed by atoms with Crippen LogP contribution in [0.5, 0.6) is 0 Å². The predicted octanol–water partition coefficient (Wildman–Crippen LogP) is 3.50. The minimum atomic E-state index is -0.252. The van der Waals surface area contributed by atoms with Crippen molar-refractivity contribution in [2.24, 2.45) is 0 Å². The Kier molecular flexibility index (Phi) is 5.67. The van der Waals surface area contributed by atoms with Gasteiger partial charge in [-0.2, -0.15) is 0 Å². The molecular formula is C24H26FN5O. The van der Waals surface area contributed by atoms with Crippen molar-refractivity contribution in [1.82, 2.24) is 15.0 Å². The van der Waals surface area contributed by atoms with Crippen molar-refractivity contribution >= 4 is 17.4 Å². The van der Waals surface area contributed by atoms with E-state index < -0.39 is 0 Å². The summed E-state index contributed by atoms with van der Waals surface area (Å²) >= 11 is 0. The monoisotopic (exact) mass is 419 g/mol. The van der Waals surface area contributed by atoms with Gasteiger partial charge in [-0.3, -0.25) is 9.78 Å². The average molecular weight is 420 g/mol. The molecule has 0 aliphatic carbocycles. The number of anilines is 2. The number of rotatable bonds is 5. The molecule has 0 radical (unpaired) electrons. The number of amides is 1. The van der Waals surface area contributed by atoms with Gasteiger partial charge in [-0.15, -0.1) is 0 Å². The van der Waals surface area contributed by atoms with Gasteiger partial charge in [-0.1, -0.05) is 18.2 Å². The van der Waals surface area contributed by atoms with Gasteiger partial charge >= 0.3 is 0 Å². The molecule has 0 bridgehead atoms. The SMILES string of the molecule is Cc1nc(CCc2ccc(Cc3ccc(F)cc3)nc2)nc2c1N(C)C(=O)C(C)N2C. The maximum Gasteiger partial charge on any atom is 0.249 e. The minimum Gasteiger partial charge on any atom is -0.346 e. The van der Waals surface area contributed by atoms with Crippen molar-refractivity contribution in [3.63, 3.8) is 0 Å². The third-order valence-electron chi connectivity index (χ3n) is 5.85. The Labute approximate surface area is 181 Å². The smallest absolute Gasteiger partial charge is 0.249 e. The molecule has 2 aromatic heterocycles. The second-order valence-corrected chi connectivity index (χ2v) is 8.04. The van der Waals surface area contributed by atoms with E-state index in [9.17, 15) is 9.18 Å². The summed E-state index contributed by atoms with van der Waals surface area (Å²) in [5, 5.41) is 0. The van der Waals surface area contributed by atoms with Crippen LogP contribution in [0.15, 0.2) is 42.6 Å². The molecule has 1 aliphatic rings. The molecule has 1 aliphatic heterocycles. The summed E-state index contributed by atoms with van der Waals surface area (Å²) in [6, 6.07) is 10.3. The van der Waals surface area contributed by atoms with Crippen molar-refractivity contribution < 1.29 is 9.18 Å². The van der Waals surface area contributed by atoms with E-state index in [-0.39, 0.29) is 17.8 Å². The number of fused-ring (bicyclic) bond motifs is 1. The summed E-state index contributed by atoms with van der Waals surface area (Å²) in [5.41, 5.74) is 4.67. The molecule has 7 heteroatoms. The van der Waals surface area contributed by atoms with Gasteiger partial charge in [0.05, 0.1) is 5.69 Å². The normalized spacial score (nSPS) is 15.9. The Morgan fingerprint density at radius 2 is 1.71 bits per heavy atom. The highest BCUT2D eigenvalue weighted by Gasteiger charge is 2.34. The second kappa shape index (κ2) is 8.41. The molecule has 4 rings (SSSR count). The molecule has 1 aromatic carbocycles. The zero-order valence-electron chi connectivity index (χ0n) is 18.3. The number of aryl methyl sites for hydroxylation is 3. The quantitative estimate of drug-likeness (QED) is 0.634. The Morgan fingerprint density at radius 1 is 1.00 bits per heavy atom. The van der Waals surface area contributed by atoms with Crippen LogP contribution in [0.1, 0.15) is 35.3 Å². The van der Waals surface area contributed by atoms with Crippen molar-refractivity contribution in [2.45, 2.75) is 39.2 Å². The van der Waals surface area contributed by atoms with Crippen LogP contribution in [0.4, 0.5) is 15.9 Å². The molecule has 31 heavy (non-hydrogen) atoms. The first kappa shape index (κ1) is 20.9. The number of carbonyl (C=O) groups is 1. The first-order valence-electron chi connectivity index (χ1n) is 10.4. The van der Waals surface area contributed by atoms with Crippen LogP contribution in [-0.2, 0) is 24.1 Å². The molecule has 160 valence electrons. The van der Waals surface area contributed by atoms with Crippen LogP contribution in [0.2, 0.25) is 0 Å². The second-order valence-electron chi connectivity index (χ2n) is 8.04. The van der Waals surface area contributed by atoms with Gasteiger partial charge in [-0.25, -0.2) is 14.4 Å². The Morgan fingerprint density at radius 3 is 2.39 bits per heavy atom. The van der Waals surface area contributed by atoms with Crippen molar-refractivity contribution in [3.8, 4) is 0 Å². The number of pyridine rings is 1. The van der Waals surface area contributed by atoms with Crippen LogP contribution in [0.3, 0.4) is 0 Å². The number of benzene rings is 1. The number of hydrogen-bond acceptors (Lipinski definition) is 5. The number of hydrogen-bond donors (Lipinski definition) is 0. The summed E-state index contributed by atoms with van der Waals surface area (Å²) in [6.45, 7) is 3.81. The summed E-state index contributed by atoms with van der Waals surface area (Å²) in [7, 11) is 3.67. The topological polar surface area (TPSA) is 62.2 Å². The summed E-state index contributed by atoms with van der Waals surface area (Å²) < 4.78 is 13.1. The standard InChI is InChI=1S/C24H26FN5O/c1-15-22-23(29(3)16(2)24(31)30(22)4)28-21(27-15)12-8-18-7-11-20(26-14-18)13-17-5-9-19(25)10-6-17/h5-7,9-11,14,16H,8,12-13H2,1-4H3. The van der Waals surface area contributed by atoms with Crippen LogP contribution in [-0.4, -0.2) is 41.0 Å². The number of carbonyl (C=O) groups excluding carboxylic acids is 1. The van der Waals surface area contributed by atoms with Crippen LogP contribution < -0.4 is 9.80 Å². The molecule has 1 unspecified atom stereocenters. The molecule has 1 atom stereocenters. The Hall–Kier alpha value is -3.35. The molecule has 0 saturated carbocycles. The molecule has 3 heterocycles. The largest absolute Gasteiger partial charge is 0.346 e. The highest BCUT2D eigenvalue weighted by molar-refractivity contribution is 6.04. The van der Waals surface area contributed by atoms with E-state index in [1.807, 2.05) is 38.1 Å². The maximum absolute atomic E-state index is 13.1. The van der Waals surface area contributed by atoms with E-state index in [0.717, 1.165) is 46.3 Å². The van der Waals surface area contributed by atoms with Gasteiger partial charge < -0.3 is 9.80 Å². The minimum absolute atomic E-state index is 0.0428. The number of nitrogens with zero attached hydrogens (tertiary/aromatic N) is 5. The average Bonchev–Trinajstić information content (AvgIpc) is 2.77. The number of likely N-dealkylation sites (N-methyl/N-ethyl adjacent to an activating group) is 2. The van der Waals surface area contributed by atoms with Gasteiger partial charge in [0, 0.05) is 38.8 Å². The first-order valence-corrected chi connectivity index (χ1v) is 10.4. The van der Waals surface area contributed by atoms with Gasteiger partial charge in [-0.05, 0) is 49.6 Å². The first-order chi connectivity index (χ1) is 14.8. The summed E-state index contributed by atoms with van der Waals surface area (Å²) in [6.07, 6.45) is 4.01. The van der Waals surface area contributed by atoms with Gasteiger partial charge in [0.2, 0.25) is 5.91 Å². The van der Waals surface area contributed by atoms with E-state index in [0.29, 0.717) is 12.8 Å². The zero-order chi connectivity index (χ0) is 22.1. The lowest BCUT2D eigenvalue weighted by atomic mass is 10.1. The fraction of sp³-hybridized carbons (Fsp3) is 0.333. The lowest BCUT2D eigenvalue weighted by Crippen LogP contribution is -2.50.